The van der Waals surface area contributed by atoms with Crippen LogP contribution >= 0.6 is 0 Å². The summed E-state index contributed by atoms with van der Waals surface area (Å²) in [5.41, 5.74) is 0.385. The zero-order valence-electron chi connectivity index (χ0n) is 11.7. The van der Waals surface area contributed by atoms with Gasteiger partial charge in [-0.15, -0.1) is 0 Å². The molecule has 6 heteroatoms. The summed E-state index contributed by atoms with van der Waals surface area (Å²) >= 11 is 0. The topological polar surface area (TPSA) is 45.2 Å². The van der Waals surface area contributed by atoms with Crippen molar-refractivity contribution in [2.75, 3.05) is 23.8 Å². The van der Waals surface area contributed by atoms with Crippen LogP contribution in [0.2, 0.25) is 0 Å². The standard InChI is InChI=1S/C15H15F2N3O/c1-3-18-14-13(17)12(8-9-19-14)15(21)20(2)11-6-4-10(16)5-7-11/h4-9H,3H2,1-2H3,(H,18,19). The third-order valence-electron chi connectivity index (χ3n) is 2.98. The van der Waals surface area contributed by atoms with Gasteiger partial charge in [-0.3, -0.25) is 4.79 Å². The van der Waals surface area contributed by atoms with Gasteiger partial charge in [-0.25, -0.2) is 13.8 Å². The van der Waals surface area contributed by atoms with Crippen molar-refractivity contribution in [3.63, 3.8) is 0 Å². The molecule has 0 aliphatic rings. The van der Waals surface area contributed by atoms with Crippen LogP contribution in [0, 0.1) is 11.6 Å². The molecule has 0 aliphatic heterocycles. The Morgan fingerprint density at radius 1 is 1.24 bits per heavy atom. The molecular weight excluding hydrogens is 276 g/mol. The number of benzene rings is 1. The van der Waals surface area contributed by atoms with Crippen molar-refractivity contribution >= 4 is 17.4 Å². The summed E-state index contributed by atoms with van der Waals surface area (Å²) in [4.78, 5) is 17.4. The molecule has 0 atom stereocenters. The van der Waals surface area contributed by atoms with Gasteiger partial charge in [0.2, 0.25) is 0 Å². The third-order valence-corrected chi connectivity index (χ3v) is 2.98. The highest BCUT2D eigenvalue weighted by atomic mass is 19.1. The van der Waals surface area contributed by atoms with E-state index in [1.807, 2.05) is 0 Å². The number of nitrogens with one attached hydrogen (secondary N) is 1. The number of pyridine rings is 1. The van der Waals surface area contributed by atoms with Crippen LogP contribution < -0.4 is 10.2 Å². The smallest absolute Gasteiger partial charge is 0.261 e. The van der Waals surface area contributed by atoms with Crippen molar-refractivity contribution in [2.45, 2.75) is 6.92 Å². The van der Waals surface area contributed by atoms with Crippen LogP contribution in [-0.4, -0.2) is 24.5 Å². The van der Waals surface area contributed by atoms with Crippen LogP contribution in [0.3, 0.4) is 0 Å². The minimum Gasteiger partial charge on any atom is -0.368 e. The lowest BCUT2D eigenvalue weighted by Crippen LogP contribution is -2.27. The Labute approximate surface area is 121 Å². The van der Waals surface area contributed by atoms with Gasteiger partial charge >= 0.3 is 0 Å². The molecule has 110 valence electrons. The first-order chi connectivity index (χ1) is 10.0. The molecule has 2 aromatic rings. The van der Waals surface area contributed by atoms with Gasteiger partial charge in [0.1, 0.15) is 5.82 Å². The first-order valence-electron chi connectivity index (χ1n) is 6.46. The first-order valence-corrected chi connectivity index (χ1v) is 6.46. The fourth-order valence-electron chi connectivity index (χ4n) is 1.86. The molecular formula is C15H15F2N3O. The summed E-state index contributed by atoms with van der Waals surface area (Å²) in [5.74, 6) is -1.58. The van der Waals surface area contributed by atoms with E-state index < -0.39 is 17.5 Å². The number of aromatic nitrogens is 1. The lowest BCUT2D eigenvalue weighted by Gasteiger charge is -2.18. The van der Waals surface area contributed by atoms with Gasteiger partial charge in [0.15, 0.2) is 11.6 Å². The predicted molar refractivity (Wildman–Crippen MR) is 77.5 cm³/mol. The van der Waals surface area contributed by atoms with E-state index in [-0.39, 0.29) is 11.4 Å². The Balaban J connectivity index is 2.31. The van der Waals surface area contributed by atoms with Crippen molar-refractivity contribution < 1.29 is 13.6 Å². The summed E-state index contributed by atoms with van der Waals surface area (Å²) < 4.78 is 27.1. The molecule has 0 aliphatic carbocycles. The maximum absolute atomic E-state index is 14.2. The summed E-state index contributed by atoms with van der Waals surface area (Å²) in [6.45, 7) is 2.30. The largest absolute Gasteiger partial charge is 0.368 e. The number of halogens is 2. The number of hydrogen-bond donors (Lipinski definition) is 1. The van der Waals surface area contributed by atoms with E-state index >= 15 is 0 Å². The molecule has 0 spiro atoms. The Kier molecular flexibility index (Phi) is 4.47. The van der Waals surface area contributed by atoms with Crippen LogP contribution in [0.1, 0.15) is 17.3 Å². The highest BCUT2D eigenvalue weighted by Gasteiger charge is 2.20. The summed E-state index contributed by atoms with van der Waals surface area (Å²) in [7, 11) is 1.50. The maximum atomic E-state index is 14.2. The first kappa shape index (κ1) is 14.9. The van der Waals surface area contributed by atoms with Gasteiger partial charge in [-0.1, -0.05) is 0 Å². The van der Waals surface area contributed by atoms with Crippen LogP contribution in [0.5, 0.6) is 0 Å². The highest BCUT2D eigenvalue weighted by molar-refractivity contribution is 6.06. The molecule has 0 saturated heterocycles. The Morgan fingerprint density at radius 2 is 1.90 bits per heavy atom. The number of rotatable bonds is 4. The molecule has 1 heterocycles. The SMILES string of the molecule is CCNc1nccc(C(=O)N(C)c2ccc(F)cc2)c1F. The lowest BCUT2D eigenvalue weighted by atomic mass is 10.2. The van der Waals surface area contributed by atoms with E-state index in [1.165, 1.54) is 48.5 Å². The molecule has 0 fully saturated rings. The van der Waals surface area contributed by atoms with Crippen molar-refractivity contribution in [2.24, 2.45) is 0 Å². The Hall–Kier alpha value is -2.50. The molecule has 2 rings (SSSR count). The zero-order chi connectivity index (χ0) is 15.4. The third kappa shape index (κ3) is 3.16. The van der Waals surface area contributed by atoms with Crippen LogP contribution in [0.25, 0.3) is 0 Å². The summed E-state index contributed by atoms with van der Waals surface area (Å²) in [5, 5.41) is 2.75. The quantitative estimate of drug-likeness (QED) is 0.941. The van der Waals surface area contributed by atoms with Crippen molar-refractivity contribution in [1.29, 1.82) is 0 Å². The number of anilines is 2. The number of carbonyl (C=O) groups is 1. The Morgan fingerprint density at radius 3 is 2.52 bits per heavy atom. The van der Waals surface area contributed by atoms with E-state index in [9.17, 15) is 13.6 Å². The number of carbonyl (C=O) groups excluding carboxylic acids is 1. The predicted octanol–water partition coefficient (Wildman–Crippen LogP) is 3.07. The molecule has 1 N–H and O–H groups in total. The monoisotopic (exact) mass is 291 g/mol. The molecule has 0 radical (unpaired) electrons. The van der Waals surface area contributed by atoms with Crippen molar-refractivity contribution in [3.8, 4) is 0 Å². The summed E-state index contributed by atoms with van der Waals surface area (Å²) in [6, 6.07) is 6.71. The van der Waals surface area contributed by atoms with E-state index in [1.54, 1.807) is 6.92 Å². The normalized spacial score (nSPS) is 10.3. The molecule has 0 bridgehead atoms. The van der Waals surface area contributed by atoms with Crippen LogP contribution in [0.4, 0.5) is 20.3 Å². The van der Waals surface area contributed by atoms with Crippen molar-refractivity contribution in [3.05, 3.63) is 53.7 Å². The van der Waals surface area contributed by atoms with E-state index in [2.05, 4.69) is 10.3 Å². The van der Waals surface area contributed by atoms with E-state index in [4.69, 9.17) is 0 Å². The molecule has 1 aromatic heterocycles. The second-order valence-electron chi connectivity index (χ2n) is 4.39. The van der Waals surface area contributed by atoms with Gasteiger partial charge < -0.3 is 10.2 Å². The Bertz CT molecular complexity index is 644. The van der Waals surface area contributed by atoms with Crippen LogP contribution in [-0.2, 0) is 0 Å². The number of hydrogen-bond acceptors (Lipinski definition) is 3. The maximum Gasteiger partial charge on any atom is 0.261 e. The summed E-state index contributed by atoms with van der Waals surface area (Å²) in [6.07, 6.45) is 1.37. The number of nitrogens with zero attached hydrogens (tertiary/aromatic N) is 2. The average Bonchev–Trinajstić information content (AvgIpc) is 2.49. The second kappa shape index (κ2) is 6.30. The van der Waals surface area contributed by atoms with Gasteiger partial charge in [-0.2, -0.15) is 0 Å². The van der Waals surface area contributed by atoms with E-state index in [0.717, 1.165) is 0 Å². The fourth-order valence-corrected chi connectivity index (χ4v) is 1.86. The van der Waals surface area contributed by atoms with Crippen LogP contribution in [0.15, 0.2) is 36.5 Å². The molecule has 0 unspecified atom stereocenters. The second-order valence-corrected chi connectivity index (χ2v) is 4.39. The molecule has 4 nitrogen and oxygen atoms in total. The van der Waals surface area contributed by atoms with Gasteiger partial charge in [0.05, 0.1) is 5.56 Å². The fraction of sp³-hybridized carbons (Fsp3) is 0.200. The molecule has 1 amide bonds. The van der Waals surface area contributed by atoms with E-state index in [0.29, 0.717) is 12.2 Å². The minimum atomic E-state index is -0.696. The molecule has 21 heavy (non-hydrogen) atoms. The van der Waals surface area contributed by atoms with Gasteiger partial charge in [-0.05, 0) is 37.3 Å². The molecule has 0 saturated carbocycles. The highest BCUT2D eigenvalue weighted by Crippen LogP contribution is 2.20. The molecule has 1 aromatic carbocycles. The van der Waals surface area contributed by atoms with Crippen molar-refractivity contribution in [1.82, 2.24) is 4.98 Å². The van der Waals surface area contributed by atoms with Gasteiger partial charge in [0, 0.05) is 25.5 Å². The lowest BCUT2D eigenvalue weighted by molar-refractivity contribution is 0.0989. The zero-order valence-corrected chi connectivity index (χ0v) is 11.7. The average molecular weight is 291 g/mol. The van der Waals surface area contributed by atoms with Gasteiger partial charge in [0.25, 0.3) is 5.91 Å². The number of amides is 1. The minimum absolute atomic E-state index is 0.0378.